The summed E-state index contributed by atoms with van der Waals surface area (Å²) in [5.74, 6) is -2.74. The van der Waals surface area contributed by atoms with Crippen LogP contribution in [0.3, 0.4) is 0 Å². The largest absolute Gasteiger partial charge is 0.507 e. The number of ether oxygens (including phenoxy) is 1. The Hall–Kier alpha value is -3.25. The van der Waals surface area contributed by atoms with Gasteiger partial charge in [0.25, 0.3) is 0 Å². The summed E-state index contributed by atoms with van der Waals surface area (Å²) in [6, 6.07) is -0.729. The van der Waals surface area contributed by atoms with Crippen LogP contribution in [0.15, 0.2) is 23.1 Å². The molecule has 1 aromatic rings. The number of thiol groups is 1. The molecule has 1 aliphatic heterocycles. The van der Waals surface area contributed by atoms with Gasteiger partial charge in [-0.05, 0) is 27.7 Å². The summed E-state index contributed by atoms with van der Waals surface area (Å²) in [7, 11) is 0. The summed E-state index contributed by atoms with van der Waals surface area (Å²) >= 11 is 5.06. The summed E-state index contributed by atoms with van der Waals surface area (Å²) in [6.07, 6.45) is 1.14. The number of fused-ring (bicyclic) bond motifs is 3. The number of allylic oxidation sites excluding steroid dienone is 4. The first kappa shape index (κ1) is 28.3. The maximum atomic E-state index is 13.7. The molecule has 1 amide bonds. The number of phenols is 2. The van der Waals surface area contributed by atoms with Gasteiger partial charge in [0.15, 0.2) is 17.3 Å². The number of hydrogen-bond donors (Lipinski definition) is 5. The molecule has 198 valence electrons. The zero-order chi connectivity index (χ0) is 27.8. The van der Waals surface area contributed by atoms with E-state index in [2.05, 4.69) is 23.3 Å². The minimum Gasteiger partial charge on any atom is -0.507 e. The highest BCUT2D eigenvalue weighted by molar-refractivity contribution is 8.13. The van der Waals surface area contributed by atoms with E-state index in [0.29, 0.717) is 5.75 Å². The third kappa shape index (κ3) is 4.87. The fraction of sp³-hybridized carbons (Fsp3) is 0.400. The standard InChI is InChI=1S/C25H28N2O8S2/c1-10-20(31)18(12(3)28)22-19(21(10)32)25(5)16(35-22)8-15(30)17(23(25)33)11(2)26-6-7-37-24(34)14(9-36)27-13(4)29/h8,14,26,31-32,36H,6-7,9H2,1-5H3,(H,27,29)/b17-11+/t14-,25+/m1/s1. The molecule has 10 nitrogen and oxygen atoms in total. The van der Waals surface area contributed by atoms with Gasteiger partial charge in [0, 0.05) is 42.3 Å². The van der Waals surface area contributed by atoms with Crippen LogP contribution >= 0.6 is 24.4 Å². The van der Waals surface area contributed by atoms with Gasteiger partial charge in [0.1, 0.15) is 40.0 Å². The molecular weight excluding hydrogens is 520 g/mol. The molecule has 37 heavy (non-hydrogen) atoms. The number of rotatable bonds is 8. The molecule has 1 heterocycles. The number of amides is 1. The molecule has 2 aliphatic rings. The van der Waals surface area contributed by atoms with Gasteiger partial charge in [-0.3, -0.25) is 24.0 Å². The Balaban J connectivity index is 1.88. The van der Waals surface area contributed by atoms with Crippen molar-refractivity contribution in [3.8, 4) is 17.2 Å². The van der Waals surface area contributed by atoms with Crippen LogP contribution in [0.25, 0.3) is 0 Å². The first-order valence-electron chi connectivity index (χ1n) is 11.4. The predicted octanol–water partition coefficient (Wildman–Crippen LogP) is 1.85. The Labute approximate surface area is 223 Å². The molecule has 0 saturated heterocycles. The van der Waals surface area contributed by atoms with Gasteiger partial charge in [0.2, 0.25) is 11.0 Å². The maximum Gasteiger partial charge on any atom is 0.217 e. The van der Waals surface area contributed by atoms with Gasteiger partial charge in [-0.15, -0.1) is 0 Å². The molecule has 0 radical (unpaired) electrons. The Morgan fingerprint density at radius 1 is 1.16 bits per heavy atom. The van der Waals surface area contributed by atoms with Gasteiger partial charge in [-0.1, -0.05) is 11.8 Å². The fourth-order valence-corrected chi connectivity index (χ4v) is 5.50. The van der Waals surface area contributed by atoms with Gasteiger partial charge in [-0.25, -0.2) is 0 Å². The van der Waals surface area contributed by atoms with Crippen LogP contribution in [0, 0.1) is 6.92 Å². The summed E-state index contributed by atoms with van der Waals surface area (Å²) in [4.78, 5) is 62.4. The van der Waals surface area contributed by atoms with Crippen LogP contribution in [-0.2, 0) is 24.6 Å². The highest BCUT2D eigenvalue weighted by Crippen LogP contribution is 2.57. The second kappa shape index (κ2) is 10.6. The average Bonchev–Trinajstić information content (AvgIpc) is 3.11. The SMILES string of the molecule is CC(=O)N[C@H](CS)C(=O)SCCN/C(C)=C1\C(=O)C=C2Oc3c(C(C)=O)c(O)c(C)c(O)c3[C@@]2(C)C1=O. The zero-order valence-electron chi connectivity index (χ0n) is 21.0. The quantitative estimate of drug-likeness (QED) is 0.107. The molecule has 0 fully saturated rings. The molecular formula is C25H28N2O8S2. The van der Waals surface area contributed by atoms with Crippen LogP contribution in [-0.4, -0.2) is 62.7 Å². The number of ketones is 3. The third-order valence-electron chi connectivity index (χ3n) is 6.34. The lowest BCUT2D eigenvalue weighted by molar-refractivity contribution is -0.124. The van der Waals surface area contributed by atoms with Crippen molar-refractivity contribution in [1.29, 1.82) is 0 Å². The van der Waals surface area contributed by atoms with Crippen molar-refractivity contribution < 1.29 is 38.9 Å². The molecule has 0 saturated carbocycles. The molecule has 2 atom stereocenters. The van der Waals surface area contributed by atoms with E-state index in [1.807, 2.05) is 0 Å². The van der Waals surface area contributed by atoms with Crippen molar-refractivity contribution >= 4 is 52.8 Å². The highest BCUT2D eigenvalue weighted by Gasteiger charge is 2.56. The van der Waals surface area contributed by atoms with Crippen molar-refractivity contribution in [3.05, 3.63) is 39.8 Å². The molecule has 1 aromatic carbocycles. The molecule has 0 spiro atoms. The highest BCUT2D eigenvalue weighted by atomic mass is 32.2. The Morgan fingerprint density at radius 3 is 2.38 bits per heavy atom. The molecule has 1 aliphatic carbocycles. The molecule has 0 aromatic heterocycles. The minimum atomic E-state index is -1.60. The van der Waals surface area contributed by atoms with E-state index in [4.69, 9.17) is 4.74 Å². The lowest BCUT2D eigenvalue weighted by atomic mass is 9.70. The number of benzene rings is 1. The topological polar surface area (TPSA) is 159 Å². The van der Waals surface area contributed by atoms with Crippen LogP contribution in [0.5, 0.6) is 17.2 Å². The smallest absolute Gasteiger partial charge is 0.217 e. The average molecular weight is 549 g/mol. The lowest BCUT2D eigenvalue weighted by Gasteiger charge is -2.29. The minimum absolute atomic E-state index is 0.0129. The number of hydrogen-bond acceptors (Lipinski definition) is 11. The summed E-state index contributed by atoms with van der Waals surface area (Å²) < 4.78 is 5.74. The fourth-order valence-electron chi connectivity index (χ4n) is 4.37. The van der Waals surface area contributed by atoms with Crippen molar-refractivity contribution in [2.75, 3.05) is 18.1 Å². The van der Waals surface area contributed by atoms with Gasteiger partial charge >= 0.3 is 0 Å². The van der Waals surface area contributed by atoms with E-state index in [-0.39, 0.29) is 62.8 Å². The third-order valence-corrected chi connectivity index (χ3v) is 7.68. The van der Waals surface area contributed by atoms with Crippen LogP contribution in [0.1, 0.15) is 49.2 Å². The Kier molecular flexibility index (Phi) is 8.13. The molecule has 4 N–H and O–H groups in total. The van der Waals surface area contributed by atoms with E-state index < -0.39 is 40.3 Å². The monoisotopic (exact) mass is 548 g/mol. The number of carbonyl (C=O) groups is 5. The van der Waals surface area contributed by atoms with Gasteiger partial charge in [-0.2, -0.15) is 12.6 Å². The second-order valence-corrected chi connectivity index (χ2v) is 10.4. The molecule has 3 rings (SSSR count). The Bertz CT molecular complexity index is 1300. The summed E-state index contributed by atoms with van der Waals surface area (Å²) in [5.41, 5.74) is -1.64. The normalized spacial score (nSPS) is 20.3. The number of phenolic OH excluding ortho intramolecular Hbond substituents is 2. The molecule has 0 bridgehead atoms. The lowest BCUT2D eigenvalue weighted by Crippen LogP contribution is -2.41. The van der Waals surface area contributed by atoms with E-state index in [1.165, 1.54) is 27.7 Å². The maximum absolute atomic E-state index is 13.7. The molecule has 12 heteroatoms. The number of aromatic hydroxyl groups is 2. The van der Waals surface area contributed by atoms with Crippen LogP contribution in [0.4, 0.5) is 0 Å². The van der Waals surface area contributed by atoms with E-state index in [0.717, 1.165) is 17.8 Å². The first-order chi connectivity index (χ1) is 17.3. The van der Waals surface area contributed by atoms with Crippen LogP contribution in [0.2, 0.25) is 0 Å². The number of Topliss-reactive ketones (excluding diaryl/α,β-unsaturated/α-hetero) is 2. The van der Waals surface area contributed by atoms with Gasteiger partial charge < -0.3 is 25.6 Å². The van der Waals surface area contributed by atoms with Crippen LogP contribution < -0.4 is 15.4 Å². The number of thioether (sulfide) groups is 1. The zero-order valence-corrected chi connectivity index (χ0v) is 22.7. The summed E-state index contributed by atoms with van der Waals surface area (Å²) in [5, 5.41) is 26.5. The second-order valence-electron chi connectivity index (χ2n) is 8.92. The van der Waals surface area contributed by atoms with Crippen molar-refractivity contribution in [2.45, 2.75) is 46.1 Å². The van der Waals surface area contributed by atoms with Crippen molar-refractivity contribution in [1.82, 2.24) is 10.6 Å². The van der Waals surface area contributed by atoms with Gasteiger partial charge in [0.05, 0.1) is 11.1 Å². The first-order valence-corrected chi connectivity index (χ1v) is 13.0. The number of nitrogens with one attached hydrogen (secondary N) is 2. The molecule has 0 unspecified atom stereocenters. The van der Waals surface area contributed by atoms with Crippen molar-refractivity contribution in [3.63, 3.8) is 0 Å². The van der Waals surface area contributed by atoms with E-state index >= 15 is 0 Å². The van der Waals surface area contributed by atoms with E-state index in [1.54, 1.807) is 6.92 Å². The Morgan fingerprint density at radius 2 is 1.81 bits per heavy atom. The number of carbonyl (C=O) groups excluding carboxylic acids is 5. The van der Waals surface area contributed by atoms with Crippen molar-refractivity contribution in [2.24, 2.45) is 0 Å². The predicted molar refractivity (Wildman–Crippen MR) is 140 cm³/mol. The summed E-state index contributed by atoms with van der Waals surface area (Å²) in [6.45, 7) is 7.21. The van der Waals surface area contributed by atoms with E-state index in [9.17, 15) is 34.2 Å².